The molecular formula is C22H25BrN4O4S. The number of carbonyl (C=O) groups excluding carboxylic acids is 3. The molecule has 8 nitrogen and oxygen atoms in total. The van der Waals surface area contributed by atoms with Crippen LogP contribution in [-0.4, -0.2) is 29.4 Å². The summed E-state index contributed by atoms with van der Waals surface area (Å²) in [6.07, 6.45) is 0.786. The zero-order valence-electron chi connectivity index (χ0n) is 17.6. The number of hydrazine groups is 1. The summed E-state index contributed by atoms with van der Waals surface area (Å²) in [7, 11) is 0. The van der Waals surface area contributed by atoms with E-state index in [1.165, 1.54) is 0 Å². The van der Waals surface area contributed by atoms with Crippen LogP contribution in [0, 0.1) is 0 Å². The Kier molecular flexibility index (Phi) is 10.6. The molecule has 2 rings (SSSR count). The van der Waals surface area contributed by atoms with Crippen LogP contribution in [0.15, 0.2) is 53.0 Å². The fourth-order valence-corrected chi connectivity index (χ4v) is 3.02. The van der Waals surface area contributed by atoms with Crippen molar-refractivity contribution in [1.29, 1.82) is 0 Å². The van der Waals surface area contributed by atoms with Crippen molar-refractivity contribution in [2.45, 2.75) is 32.7 Å². The van der Waals surface area contributed by atoms with E-state index < -0.39 is 11.8 Å². The van der Waals surface area contributed by atoms with Crippen molar-refractivity contribution in [2.24, 2.45) is 0 Å². The van der Waals surface area contributed by atoms with E-state index in [4.69, 9.17) is 17.0 Å². The molecule has 0 atom stereocenters. The number of ether oxygens (including phenoxy) is 1. The van der Waals surface area contributed by atoms with Gasteiger partial charge in [-0.05, 0) is 42.4 Å². The summed E-state index contributed by atoms with van der Waals surface area (Å²) in [6.45, 7) is 2.84. The van der Waals surface area contributed by atoms with Gasteiger partial charge >= 0.3 is 0 Å². The van der Waals surface area contributed by atoms with Crippen LogP contribution >= 0.6 is 28.1 Å². The van der Waals surface area contributed by atoms with E-state index in [9.17, 15) is 14.4 Å². The second-order valence-corrected chi connectivity index (χ2v) is 8.03. The zero-order chi connectivity index (χ0) is 23.3. The second kappa shape index (κ2) is 13.4. The lowest BCUT2D eigenvalue weighted by Crippen LogP contribution is -2.48. The van der Waals surface area contributed by atoms with Crippen molar-refractivity contribution in [2.75, 3.05) is 6.61 Å². The van der Waals surface area contributed by atoms with E-state index in [0.29, 0.717) is 28.9 Å². The van der Waals surface area contributed by atoms with Crippen LogP contribution in [0.25, 0.3) is 0 Å². The number of thiocarbonyl (C=S) groups is 1. The summed E-state index contributed by atoms with van der Waals surface area (Å²) >= 11 is 8.38. The quantitative estimate of drug-likeness (QED) is 0.299. The van der Waals surface area contributed by atoms with Crippen molar-refractivity contribution < 1.29 is 19.1 Å². The maximum Gasteiger partial charge on any atom is 0.261 e. The highest BCUT2D eigenvalue weighted by Gasteiger charge is 2.15. The van der Waals surface area contributed by atoms with Gasteiger partial charge in [0.15, 0.2) is 5.11 Å². The van der Waals surface area contributed by atoms with E-state index in [1.807, 2.05) is 37.3 Å². The molecular weight excluding hydrogens is 496 g/mol. The Balaban J connectivity index is 1.73. The number of hydrogen-bond donors (Lipinski definition) is 4. The third-order valence-electron chi connectivity index (χ3n) is 4.10. The summed E-state index contributed by atoms with van der Waals surface area (Å²) in [5, 5.41) is 5.15. The van der Waals surface area contributed by atoms with Gasteiger partial charge in [0.2, 0.25) is 11.8 Å². The van der Waals surface area contributed by atoms with Gasteiger partial charge < -0.3 is 10.1 Å². The van der Waals surface area contributed by atoms with Gasteiger partial charge in [0, 0.05) is 23.9 Å². The number of rotatable bonds is 9. The van der Waals surface area contributed by atoms with E-state index in [0.717, 1.165) is 12.0 Å². The van der Waals surface area contributed by atoms with Crippen LogP contribution < -0.4 is 26.2 Å². The van der Waals surface area contributed by atoms with Crippen molar-refractivity contribution in [3.8, 4) is 5.75 Å². The summed E-state index contributed by atoms with van der Waals surface area (Å²) in [5.41, 5.74) is 6.10. The van der Waals surface area contributed by atoms with E-state index in [-0.39, 0.29) is 23.9 Å². The van der Waals surface area contributed by atoms with Crippen molar-refractivity contribution >= 4 is 51.0 Å². The van der Waals surface area contributed by atoms with Crippen molar-refractivity contribution in [1.82, 2.24) is 21.5 Å². The van der Waals surface area contributed by atoms with E-state index in [1.54, 1.807) is 18.2 Å². The third kappa shape index (κ3) is 9.03. The molecule has 32 heavy (non-hydrogen) atoms. The Labute approximate surface area is 200 Å². The van der Waals surface area contributed by atoms with Gasteiger partial charge in [-0.2, -0.15) is 0 Å². The molecule has 0 fully saturated rings. The molecule has 0 radical (unpaired) electrons. The minimum Gasteiger partial charge on any atom is -0.493 e. The van der Waals surface area contributed by atoms with Crippen LogP contribution in [-0.2, 0) is 16.1 Å². The monoisotopic (exact) mass is 520 g/mol. The Morgan fingerprint density at radius 1 is 1.00 bits per heavy atom. The first kappa shape index (κ1) is 25.3. The molecule has 0 heterocycles. The molecule has 170 valence electrons. The summed E-state index contributed by atoms with van der Waals surface area (Å²) in [4.78, 5) is 36.4. The minimum atomic E-state index is -0.482. The van der Waals surface area contributed by atoms with Gasteiger partial charge in [-0.25, -0.2) is 0 Å². The molecule has 3 amide bonds. The first-order valence-electron chi connectivity index (χ1n) is 10.0. The van der Waals surface area contributed by atoms with Gasteiger partial charge in [-0.1, -0.05) is 53.2 Å². The fourth-order valence-electron chi connectivity index (χ4n) is 2.52. The lowest BCUT2D eigenvalue weighted by atomic mass is 10.2. The highest BCUT2D eigenvalue weighted by atomic mass is 79.9. The van der Waals surface area contributed by atoms with E-state index in [2.05, 4.69) is 37.4 Å². The maximum atomic E-state index is 12.5. The number of halogens is 1. The predicted octanol–water partition coefficient (Wildman–Crippen LogP) is 2.97. The molecule has 4 N–H and O–H groups in total. The number of carbonyl (C=O) groups is 3. The lowest BCUT2D eigenvalue weighted by Gasteiger charge is -2.13. The average molecular weight is 521 g/mol. The number of benzene rings is 2. The van der Waals surface area contributed by atoms with Crippen LogP contribution in [0.2, 0.25) is 0 Å². The first-order chi connectivity index (χ1) is 15.4. The van der Waals surface area contributed by atoms with Crippen LogP contribution in [0.1, 0.15) is 42.1 Å². The Hall–Kier alpha value is -2.98. The molecule has 0 aromatic heterocycles. The highest BCUT2D eigenvalue weighted by molar-refractivity contribution is 9.10. The molecule has 0 unspecified atom stereocenters. The molecule has 0 spiro atoms. The van der Waals surface area contributed by atoms with Crippen LogP contribution in [0.4, 0.5) is 0 Å². The van der Waals surface area contributed by atoms with Crippen molar-refractivity contribution in [3.05, 3.63) is 64.1 Å². The standard InChI is InChI=1S/C22H25BrN4O4S/c1-2-12-31-18-9-8-16(23)13-17(18)21(30)25-22(32)27-26-20(29)11-10-19(28)24-14-15-6-4-3-5-7-15/h3-9,13H,2,10-12,14H2,1H3,(H,24,28)(H,26,29)(H2,25,27,30,32). The molecule has 0 bridgehead atoms. The van der Waals surface area contributed by atoms with Gasteiger partial charge in [0.25, 0.3) is 5.91 Å². The smallest absolute Gasteiger partial charge is 0.261 e. The Morgan fingerprint density at radius 2 is 1.72 bits per heavy atom. The highest BCUT2D eigenvalue weighted by Crippen LogP contribution is 2.23. The molecule has 2 aromatic rings. The maximum absolute atomic E-state index is 12.5. The summed E-state index contributed by atoms with van der Waals surface area (Å²) in [6, 6.07) is 14.6. The number of amides is 3. The number of hydrogen-bond acceptors (Lipinski definition) is 5. The summed E-state index contributed by atoms with van der Waals surface area (Å²) in [5.74, 6) is -0.731. The topological polar surface area (TPSA) is 109 Å². The largest absolute Gasteiger partial charge is 0.493 e. The Morgan fingerprint density at radius 3 is 2.44 bits per heavy atom. The van der Waals surface area contributed by atoms with Crippen molar-refractivity contribution in [3.63, 3.8) is 0 Å². The third-order valence-corrected chi connectivity index (χ3v) is 4.80. The van der Waals surface area contributed by atoms with Gasteiger partial charge in [0.05, 0.1) is 12.2 Å². The molecule has 2 aromatic carbocycles. The molecule has 0 aliphatic heterocycles. The SMILES string of the molecule is CCCOc1ccc(Br)cc1C(=O)NC(=S)NNC(=O)CCC(=O)NCc1ccccc1. The van der Waals surface area contributed by atoms with Gasteiger partial charge in [0.1, 0.15) is 5.75 Å². The minimum absolute atomic E-state index is 0.0234. The van der Waals surface area contributed by atoms with Gasteiger partial charge in [-0.15, -0.1) is 0 Å². The molecule has 0 saturated heterocycles. The normalized spacial score (nSPS) is 10.1. The predicted molar refractivity (Wildman–Crippen MR) is 129 cm³/mol. The zero-order valence-corrected chi connectivity index (χ0v) is 20.0. The second-order valence-electron chi connectivity index (χ2n) is 6.71. The van der Waals surface area contributed by atoms with Gasteiger partial charge in [-0.3, -0.25) is 30.6 Å². The first-order valence-corrected chi connectivity index (χ1v) is 11.2. The van der Waals surface area contributed by atoms with Crippen LogP contribution in [0.5, 0.6) is 5.75 Å². The molecule has 0 aliphatic rings. The van der Waals surface area contributed by atoms with E-state index >= 15 is 0 Å². The number of nitrogens with one attached hydrogen (secondary N) is 4. The average Bonchev–Trinajstić information content (AvgIpc) is 2.79. The molecule has 0 saturated carbocycles. The molecule has 10 heteroatoms. The fraction of sp³-hybridized carbons (Fsp3) is 0.273. The Bertz CT molecular complexity index is 956. The molecule has 0 aliphatic carbocycles. The summed E-state index contributed by atoms with van der Waals surface area (Å²) < 4.78 is 6.30. The van der Waals surface area contributed by atoms with Crippen LogP contribution in [0.3, 0.4) is 0 Å². The lowest BCUT2D eigenvalue weighted by molar-refractivity contribution is -0.126.